The van der Waals surface area contributed by atoms with Gasteiger partial charge in [-0.05, 0) is 12.8 Å². The van der Waals surface area contributed by atoms with Crippen LogP contribution in [0.2, 0.25) is 0 Å². The fraction of sp³-hybridized carbons (Fsp3) is 0.714. The monoisotopic (exact) mass is 313 g/mol. The van der Waals surface area contributed by atoms with Crippen LogP contribution in [0.15, 0.2) is 4.52 Å². The minimum atomic E-state index is -2.31. The number of carbonyl (C=O) groups is 2. The number of aryl methyl sites for hydroxylation is 2. The lowest BCUT2D eigenvalue weighted by molar-refractivity contribution is -0.150. The molecule has 1 amide bonds. The molecule has 0 aromatic carbocycles. The first kappa shape index (κ1) is 16.4. The summed E-state index contributed by atoms with van der Waals surface area (Å²) in [6.45, 7) is 1.79. The van der Waals surface area contributed by atoms with Crippen molar-refractivity contribution in [3.8, 4) is 0 Å². The van der Waals surface area contributed by atoms with E-state index in [9.17, 15) is 14.0 Å². The molecule has 1 fully saturated rings. The maximum atomic E-state index is 13.9. The molecular formula is C14H20FN3O4. The van der Waals surface area contributed by atoms with Crippen LogP contribution in [0.1, 0.15) is 44.3 Å². The highest BCUT2D eigenvalue weighted by Gasteiger charge is 2.46. The third-order valence-electron chi connectivity index (χ3n) is 3.72. The zero-order valence-corrected chi connectivity index (χ0v) is 12.5. The minimum absolute atomic E-state index is 0.142. The Morgan fingerprint density at radius 1 is 1.45 bits per heavy atom. The fourth-order valence-electron chi connectivity index (χ4n) is 2.43. The second kappa shape index (κ2) is 6.85. The van der Waals surface area contributed by atoms with Gasteiger partial charge in [-0.1, -0.05) is 12.1 Å². The number of aromatic nitrogens is 2. The zero-order valence-electron chi connectivity index (χ0n) is 12.5. The van der Waals surface area contributed by atoms with Crippen molar-refractivity contribution < 1.29 is 23.6 Å². The molecule has 22 heavy (non-hydrogen) atoms. The summed E-state index contributed by atoms with van der Waals surface area (Å²) < 4.78 is 18.9. The van der Waals surface area contributed by atoms with Gasteiger partial charge in [0.25, 0.3) is 0 Å². The number of hydrogen-bond acceptors (Lipinski definition) is 5. The summed E-state index contributed by atoms with van der Waals surface area (Å²) in [4.78, 5) is 28.2. The highest BCUT2D eigenvalue weighted by molar-refractivity contribution is 5.82. The summed E-state index contributed by atoms with van der Waals surface area (Å²) in [5.41, 5.74) is -2.31. The molecule has 0 bridgehead atoms. The molecule has 1 unspecified atom stereocenters. The van der Waals surface area contributed by atoms with Gasteiger partial charge in [-0.2, -0.15) is 4.98 Å². The summed E-state index contributed by atoms with van der Waals surface area (Å²) in [5, 5.41) is 12.6. The van der Waals surface area contributed by atoms with Crippen LogP contribution in [0.25, 0.3) is 0 Å². The summed E-state index contributed by atoms with van der Waals surface area (Å²) in [6, 6.07) is 0. The third-order valence-corrected chi connectivity index (χ3v) is 3.72. The Morgan fingerprint density at radius 3 is 2.86 bits per heavy atom. The van der Waals surface area contributed by atoms with E-state index in [1.807, 2.05) is 6.92 Å². The summed E-state index contributed by atoms with van der Waals surface area (Å²) >= 11 is 0. The molecule has 1 aromatic rings. The van der Waals surface area contributed by atoms with Gasteiger partial charge in [-0.3, -0.25) is 4.79 Å². The van der Waals surface area contributed by atoms with Crippen molar-refractivity contribution in [3.05, 3.63) is 11.7 Å². The predicted octanol–water partition coefficient (Wildman–Crippen LogP) is 1.37. The summed E-state index contributed by atoms with van der Waals surface area (Å²) in [5.74, 6) is -0.596. The molecule has 7 nitrogen and oxygen atoms in total. The van der Waals surface area contributed by atoms with Crippen LogP contribution in [0, 0.1) is 0 Å². The van der Waals surface area contributed by atoms with Crippen molar-refractivity contribution in [1.82, 2.24) is 15.0 Å². The highest BCUT2D eigenvalue weighted by Crippen LogP contribution is 2.26. The van der Waals surface area contributed by atoms with Crippen molar-refractivity contribution >= 4 is 11.9 Å². The Hall–Kier alpha value is -1.99. The Kier molecular flexibility index (Phi) is 5.10. The van der Waals surface area contributed by atoms with E-state index in [4.69, 9.17) is 9.63 Å². The average molecular weight is 313 g/mol. The maximum Gasteiger partial charge on any atom is 0.343 e. The number of hydrogen-bond donors (Lipinski definition) is 1. The smallest absolute Gasteiger partial charge is 0.343 e. The number of alkyl halides is 1. The normalized spacial score (nSPS) is 21.3. The molecule has 0 aliphatic carbocycles. The van der Waals surface area contributed by atoms with Gasteiger partial charge < -0.3 is 14.5 Å². The molecular weight excluding hydrogens is 293 g/mol. The van der Waals surface area contributed by atoms with E-state index in [1.54, 1.807) is 0 Å². The maximum absolute atomic E-state index is 13.9. The molecule has 1 saturated heterocycles. The van der Waals surface area contributed by atoms with E-state index in [0.29, 0.717) is 24.6 Å². The molecule has 1 N–H and O–H groups in total. The van der Waals surface area contributed by atoms with E-state index in [0.717, 1.165) is 12.8 Å². The van der Waals surface area contributed by atoms with E-state index >= 15 is 0 Å². The van der Waals surface area contributed by atoms with Crippen LogP contribution in [-0.2, 0) is 22.4 Å². The molecule has 0 saturated carbocycles. The molecule has 122 valence electrons. The van der Waals surface area contributed by atoms with Crippen LogP contribution >= 0.6 is 0 Å². The van der Waals surface area contributed by atoms with Gasteiger partial charge in [0.15, 0.2) is 5.82 Å². The molecule has 8 heteroatoms. The number of halogens is 1. The fourth-order valence-corrected chi connectivity index (χ4v) is 2.43. The van der Waals surface area contributed by atoms with Gasteiger partial charge in [0.2, 0.25) is 17.5 Å². The lowest BCUT2D eigenvalue weighted by Crippen LogP contribution is -2.38. The third kappa shape index (κ3) is 3.80. The molecule has 2 rings (SSSR count). The van der Waals surface area contributed by atoms with Crippen molar-refractivity contribution in [2.75, 3.05) is 13.1 Å². The first-order valence-corrected chi connectivity index (χ1v) is 7.46. The van der Waals surface area contributed by atoms with Crippen LogP contribution in [0.3, 0.4) is 0 Å². The lowest BCUT2D eigenvalue weighted by Gasteiger charge is -2.17. The Labute approximate surface area is 127 Å². The Bertz CT molecular complexity index is 548. The number of likely N-dealkylation sites (tertiary alicyclic amines) is 1. The number of aliphatic carboxylic acids is 1. The van der Waals surface area contributed by atoms with Gasteiger partial charge >= 0.3 is 5.97 Å². The summed E-state index contributed by atoms with van der Waals surface area (Å²) in [6.07, 6.45) is 2.73. The van der Waals surface area contributed by atoms with Crippen LogP contribution in [0.4, 0.5) is 4.39 Å². The van der Waals surface area contributed by atoms with Crippen LogP contribution in [-0.4, -0.2) is 50.8 Å². The van der Waals surface area contributed by atoms with Crippen molar-refractivity contribution in [1.29, 1.82) is 0 Å². The van der Waals surface area contributed by atoms with Crippen molar-refractivity contribution in [2.24, 2.45) is 0 Å². The molecule has 2 heterocycles. The first-order chi connectivity index (χ1) is 10.4. The second-order valence-electron chi connectivity index (χ2n) is 5.54. The number of amides is 1. The van der Waals surface area contributed by atoms with Crippen molar-refractivity contribution in [3.63, 3.8) is 0 Å². The molecule has 0 spiro atoms. The van der Waals surface area contributed by atoms with Crippen LogP contribution < -0.4 is 0 Å². The second-order valence-corrected chi connectivity index (χ2v) is 5.54. The van der Waals surface area contributed by atoms with E-state index in [1.165, 1.54) is 4.90 Å². The number of carboxylic acid groups (broad SMARTS) is 1. The van der Waals surface area contributed by atoms with E-state index < -0.39 is 11.6 Å². The average Bonchev–Trinajstić information content (AvgIpc) is 3.07. The van der Waals surface area contributed by atoms with Gasteiger partial charge in [-0.15, -0.1) is 0 Å². The molecule has 1 atom stereocenters. The molecule has 1 aliphatic heterocycles. The molecule has 1 aliphatic rings. The number of rotatable bonds is 7. The van der Waals surface area contributed by atoms with E-state index in [2.05, 4.69) is 10.1 Å². The van der Waals surface area contributed by atoms with Gasteiger partial charge in [-0.25, -0.2) is 9.18 Å². The van der Waals surface area contributed by atoms with Gasteiger partial charge in [0.05, 0.1) is 6.54 Å². The number of nitrogens with zero attached hydrogens (tertiary/aromatic N) is 3. The zero-order chi connectivity index (χ0) is 16.2. The first-order valence-electron chi connectivity index (χ1n) is 7.46. The SMILES string of the molecule is CCCc1noc(CCCC(=O)N2CCC(F)(C(=O)O)C2)n1. The van der Waals surface area contributed by atoms with Gasteiger partial charge in [0.1, 0.15) is 0 Å². The van der Waals surface area contributed by atoms with Gasteiger partial charge in [0, 0.05) is 32.2 Å². The minimum Gasteiger partial charge on any atom is -0.479 e. The number of carbonyl (C=O) groups excluding carboxylic acids is 1. The largest absolute Gasteiger partial charge is 0.479 e. The molecule has 1 aromatic heterocycles. The van der Waals surface area contributed by atoms with E-state index in [-0.39, 0.29) is 31.8 Å². The lowest BCUT2D eigenvalue weighted by atomic mass is 10.1. The predicted molar refractivity (Wildman–Crippen MR) is 73.9 cm³/mol. The van der Waals surface area contributed by atoms with Crippen molar-refractivity contribution in [2.45, 2.75) is 51.1 Å². The standard InChI is InChI=1S/C14H20FN3O4/c1-2-4-10-16-11(22-17-10)5-3-6-12(19)18-8-7-14(15,9-18)13(20)21/h2-9H2,1H3,(H,20,21). The molecule has 0 radical (unpaired) electrons. The van der Waals surface area contributed by atoms with Crippen LogP contribution in [0.5, 0.6) is 0 Å². The summed E-state index contributed by atoms with van der Waals surface area (Å²) in [7, 11) is 0. The Morgan fingerprint density at radius 2 is 2.23 bits per heavy atom. The quantitative estimate of drug-likeness (QED) is 0.816. The Balaban J connectivity index is 1.75. The number of carboxylic acids is 1. The topological polar surface area (TPSA) is 96.5 Å². The highest BCUT2D eigenvalue weighted by atomic mass is 19.1.